The van der Waals surface area contributed by atoms with Crippen molar-refractivity contribution in [3.8, 4) is 0 Å². The minimum atomic E-state index is -0.429. The van der Waals surface area contributed by atoms with Gasteiger partial charge in [0.1, 0.15) is 6.54 Å². The van der Waals surface area contributed by atoms with Crippen LogP contribution in [0.4, 0.5) is 0 Å². The predicted molar refractivity (Wildman–Crippen MR) is 205 cm³/mol. The molecular weight excluding hydrogens is 630 g/mol. The first-order valence-corrected chi connectivity index (χ1v) is 21.1. The molecule has 8 heteroatoms. The van der Waals surface area contributed by atoms with Crippen molar-refractivity contribution in [3.05, 3.63) is 0 Å². The van der Waals surface area contributed by atoms with Gasteiger partial charge in [0.25, 0.3) is 0 Å². The smallest absolute Gasteiger partial charge is 0.325 e. The zero-order chi connectivity index (χ0) is 36.9. The van der Waals surface area contributed by atoms with Crippen molar-refractivity contribution in [1.82, 2.24) is 5.32 Å². The molecule has 0 saturated carbocycles. The Morgan fingerprint density at radius 1 is 0.420 bits per heavy atom. The molecule has 1 N–H and O–H groups in total. The molecule has 0 aromatic carbocycles. The van der Waals surface area contributed by atoms with E-state index in [2.05, 4.69) is 33.0 Å². The number of rotatable bonds is 37. The lowest BCUT2D eigenvalue weighted by molar-refractivity contribution is -0.150. The van der Waals surface area contributed by atoms with Crippen molar-refractivity contribution in [3.63, 3.8) is 0 Å². The second kappa shape index (κ2) is 36.7. The molecule has 50 heavy (non-hydrogen) atoms. The van der Waals surface area contributed by atoms with Gasteiger partial charge in [-0.15, -0.1) is 0 Å². The van der Waals surface area contributed by atoms with Gasteiger partial charge in [0.2, 0.25) is 5.91 Å². The highest BCUT2D eigenvalue weighted by molar-refractivity contribution is 5.81. The summed E-state index contributed by atoms with van der Waals surface area (Å²) in [5, 5.41) is 2.64. The molecule has 0 saturated heterocycles. The molecule has 0 aromatic heterocycles. The fourth-order valence-electron chi connectivity index (χ4n) is 6.22. The van der Waals surface area contributed by atoms with Crippen LogP contribution in [0.5, 0.6) is 0 Å². The van der Waals surface area contributed by atoms with Crippen LogP contribution in [0.3, 0.4) is 0 Å². The van der Waals surface area contributed by atoms with E-state index in [1.54, 1.807) is 0 Å². The van der Waals surface area contributed by atoms with Crippen LogP contribution < -0.4 is 5.32 Å². The molecule has 1 amide bonds. The molecule has 0 aliphatic carbocycles. The van der Waals surface area contributed by atoms with E-state index in [0.29, 0.717) is 32.7 Å². The van der Waals surface area contributed by atoms with Gasteiger partial charge < -0.3 is 19.5 Å². The number of carbonyl (C=O) groups is 4. The van der Waals surface area contributed by atoms with E-state index in [4.69, 9.17) is 14.2 Å². The summed E-state index contributed by atoms with van der Waals surface area (Å²) >= 11 is 0. The topological polar surface area (TPSA) is 108 Å². The number of hydrogen-bond acceptors (Lipinski definition) is 7. The summed E-state index contributed by atoms with van der Waals surface area (Å²) in [4.78, 5) is 49.5. The Labute approximate surface area is 307 Å². The number of ether oxygens (including phenoxy) is 3. The van der Waals surface area contributed by atoms with Crippen LogP contribution in [-0.4, -0.2) is 50.2 Å². The zero-order valence-corrected chi connectivity index (χ0v) is 33.1. The van der Waals surface area contributed by atoms with Crippen LogP contribution in [-0.2, 0) is 33.4 Å². The number of unbranched alkanes of at least 4 members (excludes halogenated alkanes) is 17. The molecule has 0 rings (SSSR count). The Morgan fingerprint density at radius 3 is 1.26 bits per heavy atom. The molecule has 0 heterocycles. The number of hydrogen-bond donors (Lipinski definition) is 1. The van der Waals surface area contributed by atoms with Gasteiger partial charge in [-0.25, -0.2) is 0 Å². The van der Waals surface area contributed by atoms with Gasteiger partial charge in [-0.2, -0.15) is 0 Å². The third kappa shape index (κ3) is 30.7. The van der Waals surface area contributed by atoms with Crippen molar-refractivity contribution < 1.29 is 33.4 Å². The van der Waals surface area contributed by atoms with Crippen LogP contribution in [0, 0.1) is 11.8 Å². The summed E-state index contributed by atoms with van der Waals surface area (Å²) in [7, 11) is 0. The Morgan fingerprint density at radius 2 is 0.780 bits per heavy atom. The molecule has 0 fully saturated rings. The first-order valence-electron chi connectivity index (χ1n) is 21.1. The lowest BCUT2D eigenvalue weighted by Gasteiger charge is -2.16. The number of esters is 3. The van der Waals surface area contributed by atoms with E-state index in [-0.39, 0.29) is 36.2 Å². The molecule has 0 aliphatic heterocycles. The minimum Gasteiger partial charge on any atom is -0.465 e. The molecule has 0 spiro atoms. The summed E-state index contributed by atoms with van der Waals surface area (Å²) in [5.74, 6) is -0.644. The maximum Gasteiger partial charge on any atom is 0.325 e. The van der Waals surface area contributed by atoms with Gasteiger partial charge in [-0.05, 0) is 70.6 Å². The van der Waals surface area contributed by atoms with Gasteiger partial charge in [0.15, 0.2) is 0 Å². The van der Waals surface area contributed by atoms with E-state index in [1.165, 1.54) is 70.6 Å². The highest BCUT2D eigenvalue weighted by atomic mass is 16.5. The van der Waals surface area contributed by atoms with E-state index in [1.807, 2.05) is 0 Å². The van der Waals surface area contributed by atoms with Crippen molar-refractivity contribution in [2.75, 3.05) is 26.4 Å². The van der Waals surface area contributed by atoms with Crippen molar-refractivity contribution in [2.24, 2.45) is 11.8 Å². The summed E-state index contributed by atoms with van der Waals surface area (Å²) in [6.07, 6.45) is 28.5. The third-order valence-corrected chi connectivity index (χ3v) is 9.56. The monoisotopic (exact) mass is 710 g/mol. The maximum absolute atomic E-state index is 12.8. The normalized spacial score (nSPS) is 12.3. The molecule has 0 bridgehead atoms. The average Bonchev–Trinajstić information content (AvgIpc) is 3.11. The number of carbonyl (C=O) groups excluding carboxylic acids is 4. The Kier molecular flexibility index (Phi) is 35.1. The fourth-order valence-corrected chi connectivity index (χ4v) is 6.22. The van der Waals surface area contributed by atoms with Crippen LogP contribution in [0.15, 0.2) is 0 Å². The Balaban J connectivity index is 3.93. The van der Waals surface area contributed by atoms with E-state index < -0.39 is 5.97 Å². The quantitative estimate of drug-likeness (QED) is 0.0388. The molecule has 0 radical (unpaired) electrons. The Hall–Kier alpha value is -2.12. The molecule has 0 aromatic rings. The lowest BCUT2D eigenvalue weighted by Crippen LogP contribution is -2.30. The van der Waals surface area contributed by atoms with Crippen molar-refractivity contribution >= 4 is 23.8 Å². The SMILES string of the molecule is CCCCCCCCC(CCCCCC)C(=O)OCCCCCCOC(=O)CNC(=O)CCCCCOC(=O)C(CCCC)CCCCCC. The average molecular weight is 710 g/mol. The van der Waals surface area contributed by atoms with Gasteiger partial charge in [0.05, 0.1) is 31.7 Å². The van der Waals surface area contributed by atoms with E-state index >= 15 is 0 Å². The fraction of sp³-hybridized carbons (Fsp3) is 0.905. The van der Waals surface area contributed by atoms with Crippen LogP contribution in [0.1, 0.15) is 207 Å². The largest absolute Gasteiger partial charge is 0.465 e. The van der Waals surface area contributed by atoms with Crippen LogP contribution in [0.25, 0.3) is 0 Å². The third-order valence-electron chi connectivity index (χ3n) is 9.56. The van der Waals surface area contributed by atoms with E-state index in [0.717, 1.165) is 96.3 Å². The standard InChI is InChI=1S/C42H79NO7/c1-5-9-13-16-17-23-31-38(30-22-15-11-7-3)42(47)49-34-26-19-18-25-33-48-40(45)36-43-39(44)32-24-20-27-35-50-41(46)37(28-12-8-4)29-21-14-10-6-2/h37-38H,5-36H2,1-4H3,(H,43,44). The molecule has 2 unspecified atom stereocenters. The maximum atomic E-state index is 12.8. The van der Waals surface area contributed by atoms with Crippen molar-refractivity contribution in [1.29, 1.82) is 0 Å². The number of amides is 1. The van der Waals surface area contributed by atoms with Crippen LogP contribution >= 0.6 is 0 Å². The first-order chi connectivity index (χ1) is 24.4. The second-order valence-corrected chi connectivity index (χ2v) is 14.3. The van der Waals surface area contributed by atoms with Crippen LogP contribution in [0.2, 0.25) is 0 Å². The molecular formula is C42H79NO7. The van der Waals surface area contributed by atoms with E-state index in [9.17, 15) is 19.2 Å². The van der Waals surface area contributed by atoms with Gasteiger partial charge >= 0.3 is 17.9 Å². The lowest BCUT2D eigenvalue weighted by atomic mass is 9.94. The molecule has 294 valence electrons. The second-order valence-electron chi connectivity index (χ2n) is 14.3. The van der Waals surface area contributed by atoms with Gasteiger partial charge in [0, 0.05) is 6.42 Å². The highest BCUT2D eigenvalue weighted by Gasteiger charge is 2.20. The molecule has 8 nitrogen and oxygen atoms in total. The minimum absolute atomic E-state index is 0.0103. The number of nitrogens with one attached hydrogen (secondary N) is 1. The van der Waals surface area contributed by atoms with Crippen molar-refractivity contribution in [2.45, 2.75) is 207 Å². The van der Waals surface area contributed by atoms with Gasteiger partial charge in [-0.1, -0.05) is 130 Å². The summed E-state index contributed by atoms with van der Waals surface area (Å²) in [6.45, 7) is 9.83. The summed E-state index contributed by atoms with van der Waals surface area (Å²) < 4.78 is 16.5. The summed E-state index contributed by atoms with van der Waals surface area (Å²) in [6, 6.07) is 0. The first kappa shape index (κ1) is 47.9. The highest BCUT2D eigenvalue weighted by Crippen LogP contribution is 2.21. The zero-order valence-electron chi connectivity index (χ0n) is 33.1. The molecule has 0 aliphatic rings. The Bertz CT molecular complexity index is 818. The predicted octanol–water partition coefficient (Wildman–Crippen LogP) is 11.0. The summed E-state index contributed by atoms with van der Waals surface area (Å²) in [5.41, 5.74) is 0. The molecule has 2 atom stereocenters. The van der Waals surface area contributed by atoms with Gasteiger partial charge in [-0.3, -0.25) is 19.2 Å².